The summed E-state index contributed by atoms with van der Waals surface area (Å²) < 4.78 is 0. The van der Waals surface area contributed by atoms with E-state index >= 15 is 0 Å². The van der Waals surface area contributed by atoms with Crippen molar-refractivity contribution in [3.63, 3.8) is 0 Å². The van der Waals surface area contributed by atoms with Crippen molar-refractivity contribution >= 4 is 23.2 Å². The minimum absolute atomic E-state index is 0.103. The van der Waals surface area contributed by atoms with E-state index < -0.39 is 10.8 Å². The predicted octanol–water partition coefficient (Wildman–Crippen LogP) is 2.65. The fraction of sp³-hybridized carbons (Fsp3) is 0.417. The Hall–Kier alpha value is -1.62. The second-order valence-electron chi connectivity index (χ2n) is 3.96. The number of amides is 1. The molecule has 0 aliphatic carbocycles. The Morgan fingerprint density at radius 1 is 1.56 bits per heavy atom. The van der Waals surface area contributed by atoms with Crippen LogP contribution in [0.2, 0.25) is 0 Å². The highest BCUT2D eigenvalue weighted by Gasteiger charge is 2.23. The number of nitrogens with zero attached hydrogens (tertiary/aromatic N) is 1. The van der Waals surface area contributed by atoms with E-state index in [0.29, 0.717) is 12.0 Å². The average molecular weight is 271 g/mol. The van der Waals surface area contributed by atoms with Gasteiger partial charge in [-0.3, -0.25) is 14.9 Å². The number of aryl methyl sites for hydroxylation is 1. The zero-order valence-electron chi connectivity index (χ0n) is 10.3. The molecule has 6 heteroatoms. The second kappa shape index (κ2) is 6.35. The first-order valence-corrected chi connectivity index (χ1v) is 6.15. The number of carbonyl (C=O) groups is 1. The largest absolute Gasteiger partial charge is 0.348 e. The molecule has 1 N–H and O–H groups in total. The zero-order valence-corrected chi connectivity index (χ0v) is 11.0. The topological polar surface area (TPSA) is 72.2 Å². The lowest BCUT2D eigenvalue weighted by Crippen LogP contribution is -2.36. The number of alkyl halides is 1. The van der Waals surface area contributed by atoms with Crippen LogP contribution in [-0.2, 0) is 0 Å². The van der Waals surface area contributed by atoms with Gasteiger partial charge >= 0.3 is 0 Å². The van der Waals surface area contributed by atoms with Gasteiger partial charge in [-0.05, 0) is 18.9 Å². The van der Waals surface area contributed by atoms with E-state index in [4.69, 9.17) is 11.6 Å². The third-order valence-corrected chi connectivity index (χ3v) is 3.06. The molecule has 1 aromatic carbocycles. The summed E-state index contributed by atoms with van der Waals surface area (Å²) in [6.07, 6.45) is 0.676. The van der Waals surface area contributed by atoms with Crippen LogP contribution < -0.4 is 5.32 Å². The van der Waals surface area contributed by atoms with Gasteiger partial charge in [0.1, 0.15) is 5.56 Å². The number of nitro benzene ring substituents is 1. The Bertz CT molecular complexity index is 459. The SMILES string of the molecule is CCC(CCl)NC(=O)c1c(C)cccc1[N+](=O)[O-]. The van der Waals surface area contributed by atoms with Gasteiger partial charge in [0.2, 0.25) is 0 Å². The summed E-state index contributed by atoms with van der Waals surface area (Å²) in [5.74, 6) is -0.172. The van der Waals surface area contributed by atoms with E-state index in [1.54, 1.807) is 19.1 Å². The van der Waals surface area contributed by atoms with Gasteiger partial charge in [-0.1, -0.05) is 19.1 Å². The van der Waals surface area contributed by atoms with Crippen molar-refractivity contribution in [1.29, 1.82) is 0 Å². The van der Waals surface area contributed by atoms with Crippen molar-refractivity contribution in [2.75, 3.05) is 5.88 Å². The van der Waals surface area contributed by atoms with Crippen molar-refractivity contribution in [1.82, 2.24) is 5.32 Å². The van der Waals surface area contributed by atoms with E-state index in [1.165, 1.54) is 6.07 Å². The number of nitrogens with one attached hydrogen (secondary N) is 1. The van der Waals surface area contributed by atoms with Crippen molar-refractivity contribution in [2.45, 2.75) is 26.3 Å². The van der Waals surface area contributed by atoms with Crippen LogP contribution in [0, 0.1) is 17.0 Å². The van der Waals surface area contributed by atoms with E-state index in [9.17, 15) is 14.9 Å². The molecule has 1 amide bonds. The van der Waals surface area contributed by atoms with Crippen molar-refractivity contribution in [3.8, 4) is 0 Å². The first-order valence-electron chi connectivity index (χ1n) is 5.62. The number of halogens is 1. The lowest BCUT2D eigenvalue weighted by molar-refractivity contribution is -0.385. The number of carbonyl (C=O) groups excluding carboxylic acids is 1. The van der Waals surface area contributed by atoms with Gasteiger partial charge in [-0.15, -0.1) is 11.6 Å². The fourth-order valence-electron chi connectivity index (χ4n) is 1.61. The van der Waals surface area contributed by atoms with Gasteiger partial charge in [-0.2, -0.15) is 0 Å². The Balaban J connectivity index is 3.08. The van der Waals surface area contributed by atoms with Crippen molar-refractivity contribution in [3.05, 3.63) is 39.4 Å². The maximum absolute atomic E-state index is 12.0. The summed E-state index contributed by atoms with van der Waals surface area (Å²) in [5, 5.41) is 13.6. The van der Waals surface area contributed by atoms with Crippen LogP contribution in [0.3, 0.4) is 0 Å². The molecule has 1 rings (SSSR count). The molecule has 98 valence electrons. The molecule has 0 aliphatic heterocycles. The summed E-state index contributed by atoms with van der Waals surface area (Å²) in [5.41, 5.74) is 0.495. The van der Waals surface area contributed by atoms with Crippen molar-refractivity contribution < 1.29 is 9.72 Å². The monoisotopic (exact) mass is 270 g/mol. The molecule has 0 radical (unpaired) electrons. The summed E-state index contributed by atoms with van der Waals surface area (Å²) in [4.78, 5) is 22.4. The number of hydrogen-bond acceptors (Lipinski definition) is 3. The number of rotatable bonds is 5. The Morgan fingerprint density at radius 2 is 2.22 bits per heavy atom. The van der Waals surface area contributed by atoms with Crippen LogP contribution in [0.4, 0.5) is 5.69 Å². The molecule has 0 aromatic heterocycles. The molecule has 0 bridgehead atoms. The highest BCUT2D eigenvalue weighted by Crippen LogP contribution is 2.21. The van der Waals surface area contributed by atoms with Crippen LogP contribution in [0.5, 0.6) is 0 Å². The average Bonchev–Trinajstić information content (AvgIpc) is 2.35. The molecule has 0 saturated heterocycles. The number of benzene rings is 1. The Labute approximate surface area is 110 Å². The fourth-order valence-corrected chi connectivity index (χ4v) is 1.90. The standard InChI is InChI=1S/C12H15ClN2O3/c1-3-9(7-13)14-12(16)11-8(2)5-4-6-10(11)15(17)18/h4-6,9H,3,7H2,1-2H3,(H,14,16). The first-order chi connectivity index (χ1) is 8.51. The Kier molecular flexibility index (Phi) is 5.09. The smallest absolute Gasteiger partial charge is 0.282 e. The predicted molar refractivity (Wildman–Crippen MR) is 70.1 cm³/mol. The van der Waals surface area contributed by atoms with Crippen LogP contribution in [0.15, 0.2) is 18.2 Å². The van der Waals surface area contributed by atoms with Gasteiger partial charge in [0.25, 0.3) is 11.6 Å². The molecule has 0 heterocycles. The first kappa shape index (κ1) is 14.4. The molecule has 5 nitrogen and oxygen atoms in total. The summed E-state index contributed by atoms with van der Waals surface area (Å²) >= 11 is 5.69. The lowest BCUT2D eigenvalue weighted by atomic mass is 10.1. The molecule has 0 fully saturated rings. The summed E-state index contributed by atoms with van der Waals surface area (Å²) in [6, 6.07) is 4.37. The molecule has 1 aromatic rings. The van der Waals surface area contributed by atoms with Gasteiger partial charge < -0.3 is 5.32 Å². The normalized spacial score (nSPS) is 11.9. The number of hydrogen-bond donors (Lipinski definition) is 1. The second-order valence-corrected chi connectivity index (χ2v) is 4.27. The minimum atomic E-state index is -0.552. The zero-order chi connectivity index (χ0) is 13.7. The van der Waals surface area contributed by atoms with E-state index in [1.807, 2.05) is 6.92 Å². The van der Waals surface area contributed by atoms with E-state index in [0.717, 1.165) is 0 Å². The highest BCUT2D eigenvalue weighted by molar-refractivity contribution is 6.18. The van der Waals surface area contributed by atoms with Gasteiger partial charge in [0.15, 0.2) is 0 Å². The lowest BCUT2D eigenvalue weighted by Gasteiger charge is -2.14. The van der Waals surface area contributed by atoms with Crippen LogP contribution in [-0.4, -0.2) is 22.8 Å². The Morgan fingerprint density at radius 3 is 2.72 bits per heavy atom. The van der Waals surface area contributed by atoms with Crippen LogP contribution >= 0.6 is 11.6 Å². The molecular formula is C12H15ClN2O3. The molecule has 1 atom stereocenters. The number of nitro groups is 1. The molecule has 0 aliphatic rings. The van der Waals surface area contributed by atoms with Crippen LogP contribution in [0.25, 0.3) is 0 Å². The third kappa shape index (κ3) is 3.20. The maximum atomic E-state index is 12.0. The molecule has 0 saturated carbocycles. The molecular weight excluding hydrogens is 256 g/mol. The quantitative estimate of drug-likeness (QED) is 0.508. The van der Waals surface area contributed by atoms with Gasteiger partial charge in [0.05, 0.1) is 4.92 Å². The summed E-state index contributed by atoms with van der Waals surface area (Å²) in [6.45, 7) is 3.56. The maximum Gasteiger partial charge on any atom is 0.282 e. The molecule has 18 heavy (non-hydrogen) atoms. The minimum Gasteiger partial charge on any atom is -0.348 e. The van der Waals surface area contributed by atoms with E-state index in [2.05, 4.69) is 5.32 Å². The molecule has 0 spiro atoms. The molecule has 1 unspecified atom stereocenters. The summed E-state index contributed by atoms with van der Waals surface area (Å²) in [7, 11) is 0. The van der Waals surface area contributed by atoms with Gasteiger partial charge in [0, 0.05) is 18.0 Å². The highest BCUT2D eigenvalue weighted by atomic mass is 35.5. The van der Waals surface area contributed by atoms with Crippen LogP contribution in [0.1, 0.15) is 29.3 Å². The van der Waals surface area contributed by atoms with Gasteiger partial charge in [-0.25, -0.2) is 0 Å². The van der Waals surface area contributed by atoms with Crippen molar-refractivity contribution in [2.24, 2.45) is 0 Å². The third-order valence-electron chi connectivity index (χ3n) is 2.69. The van der Waals surface area contributed by atoms with E-state index in [-0.39, 0.29) is 23.2 Å².